The Balaban J connectivity index is 1.46. The Morgan fingerprint density at radius 3 is 2.65 bits per heavy atom. The zero-order valence-corrected chi connectivity index (χ0v) is 22.0. The van der Waals surface area contributed by atoms with Gasteiger partial charge in [-0.15, -0.1) is 0 Å². The van der Waals surface area contributed by atoms with E-state index in [-0.39, 0.29) is 51.2 Å². The van der Waals surface area contributed by atoms with Gasteiger partial charge >= 0.3 is 11.9 Å². The summed E-state index contributed by atoms with van der Waals surface area (Å²) in [6.07, 6.45) is 4.67. The SMILES string of the molecule is CCC[C@H](O)CC[C@@H]1[C@H]2Cc3cccc(OCC(=O)OC(C)COCCOCC(=O)O)c3C[C@H]2C[C@H]1O. The number of benzene rings is 1. The summed E-state index contributed by atoms with van der Waals surface area (Å²) in [7, 11) is 0. The van der Waals surface area contributed by atoms with Gasteiger partial charge in [0.2, 0.25) is 0 Å². The molecular formula is C28H42O9. The summed E-state index contributed by atoms with van der Waals surface area (Å²) in [6, 6.07) is 5.91. The highest BCUT2D eigenvalue weighted by Crippen LogP contribution is 2.48. The highest BCUT2D eigenvalue weighted by atomic mass is 16.6. The lowest BCUT2D eigenvalue weighted by Crippen LogP contribution is -2.28. The molecule has 2 aliphatic carbocycles. The molecule has 0 aliphatic heterocycles. The number of carbonyl (C=O) groups is 2. The molecule has 37 heavy (non-hydrogen) atoms. The quantitative estimate of drug-likeness (QED) is 0.221. The van der Waals surface area contributed by atoms with Crippen LogP contribution in [0.1, 0.15) is 57.1 Å². The number of fused-ring (bicyclic) bond motifs is 2. The number of carbonyl (C=O) groups excluding carboxylic acids is 1. The van der Waals surface area contributed by atoms with Crippen LogP contribution in [0, 0.1) is 17.8 Å². The Bertz CT molecular complexity index is 873. The van der Waals surface area contributed by atoms with Gasteiger partial charge in [-0.05, 0) is 80.4 Å². The molecule has 0 spiro atoms. The number of hydrogen-bond acceptors (Lipinski definition) is 8. The van der Waals surface area contributed by atoms with E-state index in [2.05, 4.69) is 13.0 Å². The van der Waals surface area contributed by atoms with E-state index in [4.69, 9.17) is 24.1 Å². The summed E-state index contributed by atoms with van der Waals surface area (Å²) >= 11 is 0. The van der Waals surface area contributed by atoms with Gasteiger partial charge in [-0.2, -0.15) is 0 Å². The second-order valence-electron chi connectivity index (χ2n) is 10.3. The second kappa shape index (κ2) is 14.7. The van der Waals surface area contributed by atoms with Gasteiger partial charge in [0, 0.05) is 0 Å². The van der Waals surface area contributed by atoms with Crippen LogP contribution in [0.25, 0.3) is 0 Å². The van der Waals surface area contributed by atoms with Gasteiger partial charge in [0.15, 0.2) is 6.61 Å². The zero-order chi connectivity index (χ0) is 26.8. The van der Waals surface area contributed by atoms with Crippen LogP contribution < -0.4 is 4.74 Å². The fraction of sp³-hybridized carbons (Fsp3) is 0.714. The molecule has 9 heteroatoms. The number of carboxylic acid groups (broad SMARTS) is 1. The van der Waals surface area contributed by atoms with Crippen molar-refractivity contribution in [1.82, 2.24) is 0 Å². The Kier molecular flexibility index (Phi) is 11.6. The van der Waals surface area contributed by atoms with Crippen molar-refractivity contribution < 1.29 is 43.9 Å². The van der Waals surface area contributed by atoms with Crippen LogP contribution in [0.3, 0.4) is 0 Å². The lowest BCUT2D eigenvalue weighted by atomic mass is 9.73. The van der Waals surface area contributed by atoms with E-state index in [0.717, 1.165) is 50.5 Å². The first-order valence-corrected chi connectivity index (χ1v) is 13.4. The average molecular weight is 523 g/mol. The first kappa shape index (κ1) is 29.4. The summed E-state index contributed by atoms with van der Waals surface area (Å²) in [5.74, 6) is 0.119. The smallest absolute Gasteiger partial charge is 0.344 e. The third-order valence-electron chi connectivity index (χ3n) is 7.43. The van der Waals surface area contributed by atoms with E-state index in [1.165, 1.54) is 5.56 Å². The van der Waals surface area contributed by atoms with E-state index >= 15 is 0 Å². The standard InChI is InChI=1S/C28H42O9/c1-3-5-21(29)8-9-22-23-12-19-6-4-7-26(24(19)13-20(23)14-25(22)30)36-17-28(33)37-18(2)15-34-10-11-35-16-27(31)32/h4,6-7,18,20-23,25,29-30H,3,5,8-17H2,1-2H3,(H,31,32)/t18?,20-,21-,22+,23-,25+/m0/s1. The third-order valence-corrected chi connectivity index (χ3v) is 7.43. The molecule has 208 valence electrons. The maximum atomic E-state index is 12.3. The fourth-order valence-corrected chi connectivity index (χ4v) is 5.76. The maximum Gasteiger partial charge on any atom is 0.344 e. The van der Waals surface area contributed by atoms with Crippen molar-refractivity contribution >= 4 is 11.9 Å². The second-order valence-corrected chi connectivity index (χ2v) is 10.3. The minimum atomic E-state index is -1.04. The summed E-state index contributed by atoms with van der Waals surface area (Å²) in [5, 5.41) is 29.5. The van der Waals surface area contributed by atoms with Crippen molar-refractivity contribution in [3.8, 4) is 5.75 Å². The fourth-order valence-electron chi connectivity index (χ4n) is 5.76. The number of carboxylic acids is 1. The summed E-state index contributed by atoms with van der Waals surface area (Å²) in [4.78, 5) is 22.7. The monoisotopic (exact) mass is 522 g/mol. The minimum Gasteiger partial charge on any atom is -0.482 e. The van der Waals surface area contributed by atoms with Crippen molar-refractivity contribution in [2.75, 3.05) is 33.0 Å². The summed E-state index contributed by atoms with van der Waals surface area (Å²) in [6.45, 7) is 3.72. The van der Waals surface area contributed by atoms with Crippen molar-refractivity contribution in [2.45, 2.75) is 77.1 Å². The first-order chi connectivity index (χ1) is 17.8. The molecule has 3 N–H and O–H groups in total. The van der Waals surface area contributed by atoms with Crippen molar-refractivity contribution in [1.29, 1.82) is 0 Å². The van der Waals surface area contributed by atoms with Gasteiger partial charge in [-0.25, -0.2) is 9.59 Å². The highest BCUT2D eigenvalue weighted by Gasteiger charge is 2.44. The first-order valence-electron chi connectivity index (χ1n) is 13.4. The van der Waals surface area contributed by atoms with Gasteiger partial charge in [0.1, 0.15) is 18.5 Å². The molecule has 3 rings (SSSR count). The summed E-state index contributed by atoms with van der Waals surface area (Å²) < 4.78 is 21.4. The Morgan fingerprint density at radius 1 is 1.11 bits per heavy atom. The normalized spacial score (nSPS) is 24.1. The van der Waals surface area contributed by atoms with Crippen LogP contribution in [-0.4, -0.2) is 78.6 Å². The number of hydrogen-bond donors (Lipinski definition) is 3. The lowest BCUT2D eigenvalue weighted by Gasteiger charge is -2.32. The predicted molar refractivity (Wildman–Crippen MR) is 135 cm³/mol. The van der Waals surface area contributed by atoms with Gasteiger partial charge in [0.05, 0.1) is 32.0 Å². The molecule has 0 amide bonds. The highest BCUT2D eigenvalue weighted by molar-refractivity contribution is 5.71. The largest absolute Gasteiger partial charge is 0.482 e. The van der Waals surface area contributed by atoms with E-state index in [1.807, 2.05) is 12.1 Å². The maximum absolute atomic E-state index is 12.3. The van der Waals surface area contributed by atoms with E-state index in [0.29, 0.717) is 17.6 Å². The Labute approximate surface area is 219 Å². The Morgan fingerprint density at radius 2 is 1.89 bits per heavy atom. The molecule has 2 aliphatic rings. The molecule has 1 fully saturated rings. The van der Waals surface area contributed by atoms with E-state index in [9.17, 15) is 19.8 Å². The molecular weight excluding hydrogens is 480 g/mol. The number of rotatable bonds is 16. The molecule has 0 aromatic heterocycles. The number of aliphatic carboxylic acids is 1. The minimum absolute atomic E-state index is 0.148. The van der Waals surface area contributed by atoms with Crippen LogP contribution in [0.2, 0.25) is 0 Å². The number of ether oxygens (including phenoxy) is 4. The van der Waals surface area contributed by atoms with E-state index in [1.54, 1.807) is 6.92 Å². The van der Waals surface area contributed by atoms with Gasteiger partial charge in [-0.3, -0.25) is 0 Å². The van der Waals surface area contributed by atoms with Crippen molar-refractivity contribution in [2.24, 2.45) is 17.8 Å². The van der Waals surface area contributed by atoms with Crippen molar-refractivity contribution in [3.05, 3.63) is 29.3 Å². The molecule has 1 unspecified atom stereocenters. The van der Waals surface area contributed by atoms with E-state index < -0.39 is 18.0 Å². The third kappa shape index (κ3) is 8.95. The van der Waals surface area contributed by atoms with Crippen LogP contribution in [0.5, 0.6) is 5.75 Å². The van der Waals surface area contributed by atoms with Crippen LogP contribution in [-0.2, 0) is 36.6 Å². The Hall–Kier alpha value is -2.20. The molecule has 1 saturated carbocycles. The molecule has 0 saturated heterocycles. The van der Waals surface area contributed by atoms with Gasteiger partial charge in [-0.1, -0.05) is 25.5 Å². The average Bonchev–Trinajstić information content (AvgIpc) is 3.15. The van der Waals surface area contributed by atoms with Crippen LogP contribution >= 0.6 is 0 Å². The van der Waals surface area contributed by atoms with Crippen molar-refractivity contribution in [3.63, 3.8) is 0 Å². The summed E-state index contributed by atoms with van der Waals surface area (Å²) in [5.41, 5.74) is 2.31. The molecule has 6 atom stereocenters. The lowest BCUT2D eigenvalue weighted by molar-refractivity contribution is -0.154. The molecule has 0 heterocycles. The predicted octanol–water partition coefficient (Wildman–Crippen LogP) is 2.77. The topological polar surface area (TPSA) is 132 Å². The van der Waals surface area contributed by atoms with Gasteiger partial charge in [0.25, 0.3) is 0 Å². The zero-order valence-electron chi connectivity index (χ0n) is 22.0. The van der Waals surface area contributed by atoms with Crippen LogP contribution in [0.4, 0.5) is 0 Å². The molecule has 0 bridgehead atoms. The molecule has 0 radical (unpaired) electrons. The number of aliphatic hydroxyl groups is 2. The molecule has 1 aromatic rings. The number of esters is 1. The molecule has 9 nitrogen and oxygen atoms in total. The van der Waals surface area contributed by atoms with Crippen LogP contribution in [0.15, 0.2) is 18.2 Å². The number of aliphatic hydroxyl groups excluding tert-OH is 2. The van der Waals surface area contributed by atoms with Gasteiger partial charge < -0.3 is 34.3 Å². The molecule has 1 aromatic carbocycles.